The van der Waals surface area contributed by atoms with Crippen molar-refractivity contribution in [2.24, 2.45) is 13.0 Å². The van der Waals surface area contributed by atoms with Crippen LogP contribution < -0.4 is 10.1 Å². The van der Waals surface area contributed by atoms with Crippen LogP contribution in [-0.2, 0) is 7.05 Å². The largest absolute Gasteiger partial charge is 0.497 e. The van der Waals surface area contributed by atoms with Crippen LogP contribution in [0.25, 0.3) is 10.9 Å². The molecule has 2 aromatic rings. The topological polar surface area (TPSA) is 46.5 Å². The molecule has 0 saturated carbocycles. The maximum atomic E-state index is 12.8. The van der Waals surface area contributed by atoms with E-state index in [0.717, 1.165) is 47.5 Å². The van der Waals surface area contributed by atoms with Gasteiger partial charge in [-0.25, -0.2) is 0 Å². The molecular weight excluding hydrogens is 302 g/mol. The van der Waals surface area contributed by atoms with Crippen molar-refractivity contribution in [2.45, 2.75) is 19.8 Å². The van der Waals surface area contributed by atoms with Crippen LogP contribution in [0.1, 0.15) is 28.9 Å². The molecule has 1 aromatic carbocycles. The van der Waals surface area contributed by atoms with E-state index in [4.69, 9.17) is 4.74 Å². The summed E-state index contributed by atoms with van der Waals surface area (Å²) < 4.78 is 7.39. The minimum absolute atomic E-state index is 0.0135. The molecule has 3 rings (SSSR count). The van der Waals surface area contributed by atoms with E-state index < -0.39 is 0 Å². The first kappa shape index (κ1) is 16.8. The quantitative estimate of drug-likeness (QED) is 0.938. The average Bonchev–Trinajstić information content (AvgIpc) is 2.83. The fraction of sp³-hybridized carbons (Fsp3) is 0.526. The summed E-state index contributed by atoms with van der Waals surface area (Å²) >= 11 is 0. The lowest BCUT2D eigenvalue weighted by atomic mass is 9.98. The number of rotatable bonds is 4. The van der Waals surface area contributed by atoms with Crippen LogP contribution in [0.3, 0.4) is 0 Å². The lowest BCUT2D eigenvalue weighted by molar-refractivity contribution is 0.0937. The van der Waals surface area contributed by atoms with E-state index in [1.807, 2.05) is 32.2 Å². The number of carbonyl (C=O) groups is 1. The number of aromatic nitrogens is 1. The third kappa shape index (κ3) is 3.13. The van der Waals surface area contributed by atoms with Crippen LogP contribution in [0.2, 0.25) is 0 Å². The van der Waals surface area contributed by atoms with Crippen molar-refractivity contribution in [2.75, 3.05) is 33.8 Å². The molecule has 1 saturated heterocycles. The Morgan fingerprint density at radius 1 is 1.38 bits per heavy atom. The normalized spacial score (nSPS) is 18.8. The zero-order chi connectivity index (χ0) is 17.3. The first-order valence-corrected chi connectivity index (χ1v) is 8.61. The summed E-state index contributed by atoms with van der Waals surface area (Å²) in [6.45, 7) is 4.95. The molecule has 2 heterocycles. The van der Waals surface area contributed by atoms with E-state index in [1.54, 1.807) is 7.11 Å². The second-order valence-corrected chi connectivity index (χ2v) is 6.88. The third-order valence-electron chi connectivity index (χ3n) is 5.20. The number of piperidine rings is 1. The second-order valence-electron chi connectivity index (χ2n) is 6.88. The van der Waals surface area contributed by atoms with Gasteiger partial charge < -0.3 is 19.5 Å². The Bertz CT molecular complexity index is 751. The number of fused-ring (bicyclic) bond motifs is 1. The van der Waals surface area contributed by atoms with Crippen LogP contribution >= 0.6 is 0 Å². The van der Waals surface area contributed by atoms with Crippen molar-refractivity contribution in [3.05, 3.63) is 29.5 Å². The monoisotopic (exact) mass is 329 g/mol. The van der Waals surface area contributed by atoms with Crippen molar-refractivity contribution in [1.82, 2.24) is 14.8 Å². The van der Waals surface area contributed by atoms with Gasteiger partial charge >= 0.3 is 0 Å². The molecule has 24 heavy (non-hydrogen) atoms. The molecule has 0 aliphatic carbocycles. The van der Waals surface area contributed by atoms with E-state index in [1.165, 1.54) is 12.8 Å². The Hall–Kier alpha value is -2.01. The van der Waals surface area contributed by atoms with Gasteiger partial charge in [-0.1, -0.05) is 0 Å². The van der Waals surface area contributed by atoms with Crippen LogP contribution in [-0.4, -0.2) is 49.2 Å². The summed E-state index contributed by atoms with van der Waals surface area (Å²) in [6.07, 6.45) is 2.40. The maximum absolute atomic E-state index is 12.8. The fourth-order valence-electron chi connectivity index (χ4n) is 3.73. The standard InChI is InChI=1S/C19H27N3O2/c1-13-18(16-10-15(24-4)7-8-17(16)22(13)3)19(23)20-11-14-6-5-9-21(2)12-14/h7-8,10,14H,5-6,9,11-12H2,1-4H3,(H,20,23). The summed E-state index contributed by atoms with van der Waals surface area (Å²) in [7, 11) is 5.79. The molecule has 0 bridgehead atoms. The number of carbonyl (C=O) groups excluding carboxylic acids is 1. The van der Waals surface area contributed by atoms with Gasteiger partial charge in [-0.2, -0.15) is 0 Å². The number of likely N-dealkylation sites (tertiary alicyclic amines) is 1. The number of ether oxygens (including phenoxy) is 1. The molecule has 5 nitrogen and oxygen atoms in total. The highest BCUT2D eigenvalue weighted by atomic mass is 16.5. The average molecular weight is 329 g/mol. The highest BCUT2D eigenvalue weighted by Crippen LogP contribution is 2.28. The predicted molar refractivity (Wildman–Crippen MR) is 96.8 cm³/mol. The lowest BCUT2D eigenvalue weighted by Gasteiger charge is -2.29. The van der Waals surface area contributed by atoms with Gasteiger partial charge in [-0.05, 0) is 57.5 Å². The fourth-order valence-corrected chi connectivity index (χ4v) is 3.73. The first-order chi connectivity index (χ1) is 11.5. The van der Waals surface area contributed by atoms with Crippen LogP contribution in [0, 0.1) is 12.8 Å². The number of amides is 1. The van der Waals surface area contributed by atoms with Crippen molar-refractivity contribution in [3.8, 4) is 5.75 Å². The minimum atomic E-state index is 0.0135. The number of hydrogen-bond donors (Lipinski definition) is 1. The Morgan fingerprint density at radius 3 is 2.88 bits per heavy atom. The SMILES string of the molecule is COc1ccc2c(c1)c(C(=O)NCC1CCCN(C)C1)c(C)n2C. The molecule has 5 heteroatoms. The van der Waals surface area contributed by atoms with Gasteiger partial charge in [-0.15, -0.1) is 0 Å². The van der Waals surface area contributed by atoms with Crippen molar-refractivity contribution >= 4 is 16.8 Å². The van der Waals surface area contributed by atoms with Gasteiger partial charge in [0.2, 0.25) is 0 Å². The highest BCUT2D eigenvalue weighted by molar-refractivity contribution is 6.08. The number of hydrogen-bond acceptors (Lipinski definition) is 3. The molecule has 1 aliphatic heterocycles. The van der Waals surface area contributed by atoms with Crippen LogP contribution in [0.5, 0.6) is 5.75 Å². The number of nitrogens with one attached hydrogen (secondary N) is 1. The smallest absolute Gasteiger partial charge is 0.253 e. The van der Waals surface area contributed by atoms with E-state index in [9.17, 15) is 4.79 Å². The predicted octanol–water partition coefficient (Wildman–Crippen LogP) is 2.57. The van der Waals surface area contributed by atoms with Gasteiger partial charge in [0.15, 0.2) is 0 Å². The van der Waals surface area contributed by atoms with Gasteiger partial charge in [0.1, 0.15) is 5.75 Å². The molecule has 1 N–H and O–H groups in total. The number of nitrogens with zero attached hydrogens (tertiary/aromatic N) is 2. The molecule has 0 spiro atoms. The Labute approximate surface area is 143 Å². The molecule has 1 aromatic heterocycles. The Balaban J connectivity index is 1.82. The van der Waals surface area contributed by atoms with Crippen LogP contribution in [0.4, 0.5) is 0 Å². The first-order valence-electron chi connectivity index (χ1n) is 8.61. The second kappa shape index (κ2) is 6.85. The Morgan fingerprint density at radius 2 is 2.17 bits per heavy atom. The zero-order valence-electron chi connectivity index (χ0n) is 15.1. The number of benzene rings is 1. The van der Waals surface area contributed by atoms with Crippen molar-refractivity contribution < 1.29 is 9.53 Å². The molecule has 1 atom stereocenters. The molecule has 1 aliphatic rings. The van der Waals surface area contributed by atoms with E-state index in [2.05, 4.69) is 21.8 Å². The summed E-state index contributed by atoms with van der Waals surface area (Å²) in [5, 5.41) is 4.10. The van der Waals surface area contributed by atoms with Gasteiger partial charge in [0.25, 0.3) is 5.91 Å². The summed E-state index contributed by atoms with van der Waals surface area (Å²) in [5.74, 6) is 1.33. The molecule has 1 amide bonds. The highest BCUT2D eigenvalue weighted by Gasteiger charge is 2.22. The minimum Gasteiger partial charge on any atom is -0.497 e. The van der Waals surface area contributed by atoms with E-state index in [-0.39, 0.29) is 5.91 Å². The molecule has 1 fully saturated rings. The van der Waals surface area contributed by atoms with Gasteiger partial charge in [0, 0.05) is 36.7 Å². The summed E-state index contributed by atoms with van der Waals surface area (Å²) in [5.41, 5.74) is 2.79. The summed E-state index contributed by atoms with van der Waals surface area (Å²) in [4.78, 5) is 15.2. The maximum Gasteiger partial charge on any atom is 0.253 e. The van der Waals surface area contributed by atoms with E-state index in [0.29, 0.717) is 5.92 Å². The molecule has 0 radical (unpaired) electrons. The lowest BCUT2D eigenvalue weighted by Crippen LogP contribution is -2.39. The van der Waals surface area contributed by atoms with Gasteiger partial charge in [-0.3, -0.25) is 4.79 Å². The van der Waals surface area contributed by atoms with Crippen molar-refractivity contribution in [3.63, 3.8) is 0 Å². The van der Waals surface area contributed by atoms with Crippen molar-refractivity contribution in [1.29, 1.82) is 0 Å². The van der Waals surface area contributed by atoms with Crippen LogP contribution in [0.15, 0.2) is 18.2 Å². The Kier molecular flexibility index (Phi) is 4.81. The summed E-state index contributed by atoms with van der Waals surface area (Å²) in [6, 6.07) is 5.89. The number of aryl methyl sites for hydroxylation is 1. The third-order valence-corrected chi connectivity index (χ3v) is 5.20. The zero-order valence-corrected chi connectivity index (χ0v) is 15.1. The molecule has 130 valence electrons. The number of methoxy groups -OCH3 is 1. The molecule has 1 unspecified atom stereocenters. The molecular formula is C19H27N3O2. The van der Waals surface area contributed by atoms with Gasteiger partial charge in [0.05, 0.1) is 12.7 Å². The van der Waals surface area contributed by atoms with E-state index >= 15 is 0 Å².